The number of hydrogen-bond acceptors (Lipinski definition) is 4. The highest BCUT2D eigenvalue weighted by molar-refractivity contribution is 8.13. The number of aliphatic imine (C=N–C) groups is 1. The Labute approximate surface area is 124 Å². The molecule has 0 amide bonds. The molecule has 0 saturated carbocycles. The molecule has 0 aliphatic carbocycles. The van der Waals surface area contributed by atoms with Crippen molar-refractivity contribution in [2.75, 3.05) is 13.7 Å². The first-order valence-electron chi connectivity index (χ1n) is 6.80. The molecule has 0 saturated heterocycles. The minimum absolute atomic E-state index is 0.0655. The summed E-state index contributed by atoms with van der Waals surface area (Å²) in [5.41, 5.74) is 1.32. The number of amidine groups is 1. The third-order valence-corrected chi connectivity index (χ3v) is 4.22. The molecular weight excluding hydrogens is 272 g/mol. The van der Waals surface area contributed by atoms with Gasteiger partial charge in [0.25, 0.3) is 0 Å². The summed E-state index contributed by atoms with van der Waals surface area (Å²) in [7, 11) is 2.03. The zero-order valence-electron chi connectivity index (χ0n) is 12.1. The normalized spacial score (nSPS) is 17.8. The Balaban J connectivity index is 2.05. The summed E-state index contributed by atoms with van der Waals surface area (Å²) in [6.07, 6.45) is 0.327. The van der Waals surface area contributed by atoms with Gasteiger partial charge in [0.15, 0.2) is 5.17 Å². The van der Waals surface area contributed by atoms with E-state index in [1.165, 1.54) is 10.5 Å². The predicted molar refractivity (Wildman–Crippen MR) is 81.9 cm³/mol. The molecule has 0 bridgehead atoms. The Morgan fingerprint density at radius 3 is 3.00 bits per heavy atom. The maximum Gasteiger partial charge on any atom is 0.307 e. The highest BCUT2D eigenvalue weighted by Crippen LogP contribution is 2.31. The van der Waals surface area contributed by atoms with Gasteiger partial charge in [0, 0.05) is 18.5 Å². The predicted octanol–water partition coefficient (Wildman–Crippen LogP) is 2.92. The largest absolute Gasteiger partial charge is 0.466 e. The van der Waals surface area contributed by atoms with E-state index in [1.807, 2.05) is 27.0 Å². The third-order valence-electron chi connectivity index (χ3n) is 3.01. The summed E-state index contributed by atoms with van der Waals surface area (Å²) in [5.74, 6) is -0.187. The number of benzene rings is 1. The second-order valence-corrected chi connectivity index (χ2v) is 5.84. The zero-order chi connectivity index (χ0) is 14.5. The van der Waals surface area contributed by atoms with Gasteiger partial charge in [0.2, 0.25) is 0 Å². The van der Waals surface area contributed by atoms with Crippen molar-refractivity contribution in [3.05, 3.63) is 29.8 Å². The van der Waals surface area contributed by atoms with Gasteiger partial charge in [-0.1, -0.05) is 30.0 Å². The first-order chi connectivity index (χ1) is 9.60. The molecular formula is C15H20N2O2S. The number of carbonyl (C=O) groups excluding carboxylic acids is 1. The summed E-state index contributed by atoms with van der Waals surface area (Å²) < 4.78 is 4.96. The molecule has 0 N–H and O–H groups in total. The Morgan fingerprint density at radius 2 is 2.25 bits per heavy atom. The number of nitrogens with zero attached hydrogens (tertiary/aromatic N) is 2. The fourth-order valence-electron chi connectivity index (χ4n) is 2.05. The van der Waals surface area contributed by atoms with E-state index in [1.54, 1.807) is 11.8 Å². The Kier molecular flexibility index (Phi) is 5.06. The first-order valence-corrected chi connectivity index (χ1v) is 7.62. The topological polar surface area (TPSA) is 41.9 Å². The van der Waals surface area contributed by atoms with Crippen LogP contribution >= 0.6 is 11.8 Å². The number of rotatable bonds is 4. The van der Waals surface area contributed by atoms with Crippen molar-refractivity contribution >= 4 is 22.9 Å². The second kappa shape index (κ2) is 6.79. The molecule has 1 atom stereocenters. The van der Waals surface area contributed by atoms with Gasteiger partial charge in [-0.05, 0) is 25.5 Å². The lowest BCUT2D eigenvalue weighted by Crippen LogP contribution is -2.29. The van der Waals surface area contributed by atoms with E-state index in [0.717, 1.165) is 11.7 Å². The van der Waals surface area contributed by atoms with Gasteiger partial charge in [-0.25, -0.2) is 0 Å². The summed E-state index contributed by atoms with van der Waals surface area (Å²) in [6.45, 7) is 5.03. The molecule has 2 rings (SSSR count). The van der Waals surface area contributed by atoms with Crippen LogP contribution in [0.1, 0.15) is 25.8 Å². The monoisotopic (exact) mass is 292 g/mol. The fraction of sp³-hybridized carbons (Fsp3) is 0.467. The minimum atomic E-state index is -0.187. The average molecular weight is 292 g/mol. The number of carbonyl (C=O) groups is 1. The molecule has 1 aliphatic heterocycles. The molecule has 0 aromatic heterocycles. The van der Waals surface area contributed by atoms with E-state index in [2.05, 4.69) is 28.1 Å². The number of thioether (sulfide) groups is 1. The van der Waals surface area contributed by atoms with Crippen LogP contribution < -0.4 is 0 Å². The van der Waals surface area contributed by atoms with Crippen molar-refractivity contribution in [3.63, 3.8) is 0 Å². The molecule has 1 aliphatic rings. The molecule has 108 valence electrons. The SMILES string of the molecule is CCOC(=O)CC(C)N=C1Sc2ccccc2CN1C. The van der Waals surface area contributed by atoms with E-state index in [4.69, 9.17) is 4.74 Å². The summed E-state index contributed by atoms with van der Waals surface area (Å²) in [5, 5.41) is 0.959. The van der Waals surface area contributed by atoms with Crippen LogP contribution in [-0.4, -0.2) is 35.7 Å². The van der Waals surface area contributed by atoms with Crippen molar-refractivity contribution in [1.29, 1.82) is 0 Å². The Bertz CT molecular complexity index is 516. The Hall–Kier alpha value is -1.49. The van der Waals surface area contributed by atoms with Crippen LogP contribution in [-0.2, 0) is 16.1 Å². The van der Waals surface area contributed by atoms with Crippen molar-refractivity contribution in [2.45, 2.75) is 37.8 Å². The van der Waals surface area contributed by atoms with E-state index in [-0.39, 0.29) is 12.0 Å². The van der Waals surface area contributed by atoms with E-state index >= 15 is 0 Å². The number of fused-ring (bicyclic) bond motifs is 1. The van der Waals surface area contributed by atoms with Crippen LogP contribution in [0.3, 0.4) is 0 Å². The van der Waals surface area contributed by atoms with Gasteiger partial charge in [-0.15, -0.1) is 0 Å². The molecule has 1 aromatic rings. The van der Waals surface area contributed by atoms with E-state index in [9.17, 15) is 4.79 Å². The van der Waals surface area contributed by atoms with Crippen LogP contribution in [0.25, 0.3) is 0 Å². The zero-order valence-corrected chi connectivity index (χ0v) is 12.9. The molecule has 1 unspecified atom stereocenters. The molecule has 1 heterocycles. The minimum Gasteiger partial charge on any atom is -0.466 e. The summed E-state index contributed by atoms with van der Waals surface area (Å²) in [4.78, 5) is 19.5. The van der Waals surface area contributed by atoms with Crippen LogP contribution in [0.15, 0.2) is 34.2 Å². The third kappa shape index (κ3) is 3.76. The van der Waals surface area contributed by atoms with Gasteiger partial charge < -0.3 is 9.64 Å². The number of hydrogen-bond donors (Lipinski definition) is 0. The lowest BCUT2D eigenvalue weighted by Gasteiger charge is -2.28. The maximum absolute atomic E-state index is 11.5. The molecule has 0 spiro atoms. The summed E-state index contributed by atoms with van der Waals surface area (Å²) in [6, 6.07) is 8.27. The van der Waals surface area contributed by atoms with Crippen LogP contribution in [0, 0.1) is 0 Å². The lowest BCUT2D eigenvalue weighted by atomic mass is 10.2. The fourth-order valence-corrected chi connectivity index (χ4v) is 3.11. The molecule has 4 nitrogen and oxygen atoms in total. The van der Waals surface area contributed by atoms with Gasteiger partial charge in [-0.2, -0.15) is 0 Å². The Morgan fingerprint density at radius 1 is 1.50 bits per heavy atom. The van der Waals surface area contributed by atoms with Crippen molar-refractivity contribution in [2.24, 2.45) is 4.99 Å². The smallest absolute Gasteiger partial charge is 0.307 e. The highest BCUT2D eigenvalue weighted by Gasteiger charge is 2.20. The standard InChI is InChI=1S/C15H20N2O2S/c1-4-19-14(18)9-11(2)16-15-17(3)10-12-7-5-6-8-13(12)20-15/h5-8,11H,4,9-10H2,1-3H3. The second-order valence-electron chi connectivity index (χ2n) is 4.84. The van der Waals surface area contributed by atoms with Crippen molar-refractivity contribution in [3.8, 4) is 0 Å². The van der Waals surface area contributed by atoms with Crippen LogP contribution in [0.2, 0.25) is 0 Å². The van der Waals surface area contributed by atoms with Crippen molar-refractivity contribution in [1.82, 2.24) is 4.90 Å². The van der Waals surface area contributed by atoms with Crippen LogP contribution in [0.4, 0.5) is 0 Å². The molecule has 20 heavy (non-hydrogen) atoms. The molecule has 0 fully saturated rings. The van der Waals surface area contributed by atoms with E-state index in [0.29, 0.717) is 13.0 Å². The van der Waals surface area contributed by atoms with Gasteiger partial charge in [0.05, 0.1) is 19.1 Å². The van der Waals surface area contributed by atoms with Crippen molar-refractivity contribution < 1.29 is 9.53 Å². The highest BCUT2D eigenvalue weighted by atomic mass is 32.2. The number of ether oxygens (including phenoxy) is 1. The lowest BCUT2D eigenvalue weighted by molar-refractivity contribution is -0.143. The molecule has 5 heteroatoms. The van der Waals surface area contributed by atoms with Gasteiger partial charge in [0.1, 0.15) is 0 Å². The molecule has 1 aromatic carbocycles. The summed E-state index contributed by atoms with van der Waals surface area (Å²) >= 11 is 1.66. The van der Waals surface area contributed by atoms with Crippen LogP contribution in [0.5, 0.6) is 0 Å². The molecule has 0 radical (unpaired) electrons. The van der Waals surface area contributed by atoms with Gasteiger partial charge >= 0.3 is 5.97 Å². The average Bonchev–Trinajstić information content (AvgIpc) is 2.39. The quantitative estimate of drug-likeness (QED) is 0.800. The number of esters is 1. The van der Waals surface area contributed by atoms with E-state index < -0.39 is 0 Å². The van der Waals surface area contributed by atoms with Gasteiger partial charge in [-0.3, -0.25) is 9.79 Å². The maximum atomic E-state index is 11.5. The first kappa shape index (κ1) is 14.9.